The summed E-state index contributed by atoms with van der Waals surface area (Å²) in [5, 5.41) is 4.20. The molecule has 0 aliphatic heterocycles. The third-order valence-corrected chi connectivity index (χ3v) is 4.34. The second-order valence-corrected chi connectivity index (χ2v) is 6.04. The van der Waals surface area contributed by atoms with Gasteiger partial charge in [0, 0.05) is 37.3 Å². The molecule has 1 aromatic heterocycles. The minimum Gasteiger partial charge on any atom is -0.356 e. The normalized spacial score (nSPS) is 12.3. The number of fused-ring (bicyclic) bond motifs is 1. The SMILES string of the molecule is CC(=O)NCC(C)c1c(-c2ccccc2)n(C)c2ccccc12. The van der Waals surface area contributed by atoms with Gasteiger partial charge in [-0.1, -0.05) is 55.5 Å². The molecule has 1 N–H and O–H groups in total. The number of carbonyl (C=O) groups excluding carboxylic acids is 1. The van der Waals surface area contributed by atoms with Gasteiger partial charge in [0.25, 0.3) is 0 Å². The van der Waals surface area contributed by atoms with Crippen LogP contribution in [0.3, 0.4) is 0 Å². The Morgan fingerprint density at radius 2 is 1.74 bits per heavy atom. The first-order valence-corrected chi connectivity index (χ1v) is 7.96. The predicted molar refractivity (Wildman–Crippen MR) is 95.5 cm³/mol. The molecule has 23 heavy (non-hydrogen) atoms. The van der Waals surface area contributed by atoms with Crippen LogP contribution in [0.25, 0.3) is 22.2 Å². The molecular weight excluding hydrogens is 284 g/mol. The van der Waals surface area contributed by atoms with E-state index in [1.807, 2.05) is 6.07 Å². The summed E-state index contributed by atoms with van der Waals surface area (Å²) >= 11 is 0. The molecule has 3 nitrogen and oxygen atoms in total. The molecule has 1 atom stereocenters. The van der Waals surface area contributed by atoms with E-state index in [0.717, 1.165) is 0 Å². The molecule has 0 radical (unpaired) electrons. The average molecular weight is 306 g/mol. The van der Waals surface area contributed by atoms with Gasteiger partial charge in [0.15, 0.2) is 0 Å². The quantitative estimate of drug-likeness (QED) is 0.774. The summed E-state index contributed by atoms with van der Waals surface area (Å²) in [5.74, 6) is 0.249. The van der Waals surface area contributed by atoms with Gasteiger partial charge >= 0.3 is 0 Å². The molecule has 0 saturated heterocycles. The van der Waals surface area contributed by atoms with Crippen molar-refractivity contribution in [2.75, 3.05) is 6.54 Å². The third kappa shape index (κ3) is 2.87. The lowest BCUT2D eigenvalue weighted by Crippen LogP contribution is -2.24. The Morgan fingerprint density at radius 1 is 1.09 bits per heavy atom. The molecule has 0 aliphatic rings. The number of amides is 1. The van der Waals surface area contributed by atoms with E-state index in [-0.39, 0.29) is 11.8 Å². The van der Waals surface area contributed by atoms with Crippen LogP contribution in [-0.2, 0) is 11.8 Å². The van der Waals surface area contributed by atoms with Gasteiger partial charge in [-0.3, -0.25) is 4.79 Å². The summed E-state index contributed by atoms with van der Waals surface area (Å²) in [7, 11) is 2.11. The minimum absolute atomic E-state index is 0.0124. The van der Waals surface area contributed by atoms with Crippen molar-refractivity contribution >= 4 is 16.8 Å². The van der Waals surface area contributed by atoms with Crippen LogP contribution in [0.4, 0.5) is 0 Å². The summed E-state index contributed by atoms with van der Waals surface area (Å²) in [6.45, 7) is 4.38. The minimum atomic E-state index is 0.0124. The van der Waals surface area contributed by atoms with Gasteiger partial charge in [0.2, 0.25) is 5.91 Å². The lowest BCUT2D eigenvalue weighted by atomic mass is 9.94. The molecule has 0 spiro atoms. The van der Waals surface area contributed by atoms with Crippen molar-refractivity contribution in [3.05, 3.63) is 60.2 Å². The summed E-state index contributed by atoms with van der Waals surface area (Å²) in [5.41, 5.74) is 4.94. The Labute approximate surface area is 136 Å². The highest BCUT2D eigenvalue weighted by Crippen LogP contribution is 2.37. The van der Waals surface area contributed by atoms with Gasteiger partial charge < -0.3 is 9.88 Å². The van der Waals surface area contributed by atoms with Gasteiger partial charge in [-0.25, -0.2) is 0 Å². The fourth-order valence-corrected chi connectivity index (χ4v) is 3.27. The molecule has 1 unspecified atom stereocenters. The number of carbonyl (C=O) groups is 1. The molecule has 118 valence electrons. The van der Waals surface area contributed by atoms with Crippen molar-refractivity contribution in [2.45, 2.75) is 19.8 Å². The van der Waals surface area contributed by atoms with E-state index in [9.17, 15) is 4.79 Å². The Bertz CT molecular complexity index is 833. The summed E-state index contributed by atoms with van der Waals surface area (Å²) in [6.07, 6.45) is 0. The number of benzene rings is 2. The van der Waals surface area contributed by atoms with Crippen LogP contribution in [0.2, 0.25) is 0 Å². The topological polar surface area (TPSA) is 34.0 Å². The van der Waals surface area contributed by atoms with Crippen molar-refractivity contribution < 1.29 is 4.79 Å². The van der Waals surface area contributed by atoms with E-state index < -0.39 is 0 Å². The molecule has 3 heteroatoms. The first kappa shape index (κ1) is 15.3. The van der Waals surface area contributed by atoms with Gasteiger partial charge in [-0.2, -0.15) is 0 Å². The second-order valence-electron chi connectivity index (χ2n) is 6.04. The highest BCUT2D eigenvalue weighted by atomic mass is 16.1. The van der Waals surface area contributed by atoms with Gasteiger partial charge in [-0.05, 0) is 17.2 Å². The maximum absolute atomic E-state index is 11.3. The van der Waals surface area contributed by atoms with E-state index in [0.29, 0.717) is 6.54 Å². The fourth-order valence-electron chi connectivity index (χ4n) is 3.27. The molecule has 0 saturated carbocycles. The maximum atomic E-state index is 11.3. The van der Waals surface area contributed by atoms with Crippen LogP contribution in [0.5, 0.6) is 0 Å². The molecule has 1 heterocycles. The van der Waals surface area contributed by atoms with E-state index in [4.69, 9.17) is 0 Å². The number of hydrogen-bond acceptors (Lipinski definition) is 1. The summed E-state index contributed by atoms with van der Waals surface area (Å²) in [4.78, 5) is 11.3. The average Bonchev–Trinajstić information content (AvgIpc) is 2.87. The number of nitrogens with one attached hydrogen (secondary N) is 1. The number of hydrogen-bond donors (Lipinski definition) is 1. The van der Waals surface area contributed by atoms with Crippen LogP contribution in [0, 0.1) is 0 Å². The zero-order chi connectivity index (χ0) is 16.4. The Kier molecular flexibility index (Phi) is 4.20. The second kappa shape index (κ2) is 6.29. The van der Waals surface area contributed by atoms with Crippen LogP contribution < -0.4 is 5.32 Å². The van der Waals surface area contributed by atoms with Crippen LogP contribution in [-0.4, -0.2) is 17.0 Å². The highest BCUT2D eigenvalue weighted by Gasteiger charge is 2.20. The number of aromatic nitrogens is 1. The van der Waals surface area contributed by atoms with E-state index in [1.54, 1.807) is 6.92 Å². The van der Waals surface area contributed by atoms with Crippen LogP contribution in [0.1, 0.15) is 25.3 Å². The van der Waals surface area contributed by atoms with Gasteiger partial charge in [-0.15, -0.1) is 0 Å². The largest absolute Gasteiger partial charge is 0.356 e. The number of aryl methyl sites for hydroxylation is 1. The van der Waals surface area contributed by atoms with E-state index >= 15 is 0 Å². The molecular formula is C20H22N2O. The molecule has 3 rings (SSSR count). The Hall–Kier alpha value is -2.55. The third-order valence-electron chi connectivity index (χ3n) is 4.34. The maximum Gasteiger partial charge on any atom is 0.216 e. The van der Waals surface area contributed by atoms with E-state index in [1.165, 1.54) is 27.7 Å². The molecule has 3 aromatic rings. The highest BCUT2D eigenvalue weighted by molar-refractivity contribution is 5.92. The monoisotopic (exact) mass is 306 g/mol. The van der Waals surface area contributed by atoms with Crippen molar-refractivity contribution in [1.82, 2.24) is 9.88 Å². The zero-order valence-electron chi connectivity index (χ0n) is 13.8. The molecule has 1 amide bonds. The standard InChI is InChI=1S/C20H22N2O/c1-14(13-21-15(2)23)19-17-11-7-8-12-18(17)22(3)20(19)16-9-5-4-6-10-16/h4-12,14H,13H2,1-3H3,(H,21,23). The predicted octanol–water partition coefficient (Wildman–Crippen LogP) is 4.08. The molecule has 0 aliphatic carbocycles. The molecule has 0 fully saturated rings. The lowest BCUT2D eigenvalue weighted by Gasteiger charge is -2.15. The van der Waals surface area contributed by atoms with Crippen molar-refractivity contribution in [3.8, 4) is 11.3 Å². The molecule has 0 bridgehead atoms. The van der Waals surface area contributed by atoms with E-state index in [2.05, 4.69) is 72.4 Å². The van der Waals surface area contributed by atoms with Crippen molar-refractivity contribution in [2.24, 2.45) is 7.05 Å². The van der Waals surface area contributed by atoms with Gasteiger partial charge in [0.05, 0.1) is 5.69 Å². The lowest BCUT2D eigenvalue weighted by molar-refractivity contribution is -0.119. The van der Waals surface area contributed by atoms with Crippen molar-refractivity contribution in [3.63, 3.8) is 0 Å². The fraction of sp³-hybridized carbons (Fsp3) is 0.250. The number of nitrogens with zero attached hydrogens (tertiary/aromatic N) is 1. The van der Waals surface area contributed by atoms with Crippen molar-refractivity contribution in [1.29, 1.82) is 0 Å². The number of para-hydroxylation sites is 1. The summed E-state index contributed by atoms with van der Waals surface area (Å²) < 4.78 is 2.25. The first-order chi connectivity index (χ1) is 11.1. The number of rotatable bonds is 4. The van der Waals surface area contributed by atoms with Gasteiger partial charge in [0.1, 0.15) is 0 Å². The smallest absolute Gasteiger partial charge is 0.216 e. The Morgan fingerprint density at radius 3 is 2.43 bits per heavy atom. The Balaban J connectivity index is 2.19. The van der Waals surface area contributed by atoms with Crippen LogP contribution >= 0.6 is 0 Å². The van der Waals surface area contributed by atoms with Crippen LogP contribution in [0.15, 0.2) is 54.6 Å². The summed E-state index contributed by atoms with van der Waals surface area (Å²) in [6, 6.07) is 18.9. The molecule has 2 aromatic carbocycles. The zero-order valence-corrected chi connectivity index (χ0v) is 13.8. The first-order valence-electron chi connectivity index (χ1n) is 7.96.